The molecular weight excluding hydrogens is 409 g/mol. The van der Waals surface area contributed by atoms with Crippen LogP contribution in [-0.2, 0) is 25.7 Å². The third-order valence-electron chi connectivity index (χ3n) is 5.43. The lowest BCUT2D eigenvalue weighted by molar-refractivity contribution is -0.137. The van der Waals surface area contributed by atoms with E-state index in [-0.39, 0.29) is 12.1 Å². The van der Waals surface area contributed by atoms with Gasteiger partial charge in [-0.2, -0.15) is 13.2 Å². The minimum atomic E-state index is -4.44. The van der Waals surface area contributed by atoms with Crippen LogP contribution in [0.2, 0.25) is 0 Å². The van der Waals surface area contributed by atoms with Gasteiger partial charge >= 0.3 is 6.18 Å². The summed E-state index contributed by atoms with van der Waals surface area (Å²) in [5.41, 5.74) is 0.177. The van der Waals surface area contributed by atoms with Crippen molar-refractivity contribution in [2.45, 2.75) is 25.7 Å². The summed E-state index contributed by atoms with van der Waals surface area (Å²) in [5.74, 6) is 0.235. The number of hydrogen-bond donors (Lipinski definition) is 1. The predicted octanol–water partition coefficient (Wildman–Crippen LogP) is 2.83. The summed E-state index contributed by atoms with van der Waals surface area (Å²) in [6, 6.07) is 9.47. The molecule has 2 heterocycles. The molecule has 31 heavy (non-hydrogen) atoms. The Kier molecular flexibility index (Phi) is 5.53. The van der Waals surface area contributed by atoms with Crippen LogP contribution in [0.3, 0.4) is 0 Å². The van der Waals surface area contributed by atoms with Gasteiger partial charge in [-0.05, 0) is 42.9 Å². The molecule has 0 aliphatic carbocycles. The highest BCUT2D eigenvalue weighted by Gasteiger charge is 2.30. The van der Waals surface area contributed by atoms with Gasteiger partial charge in [0, 0.05) is 38.2 Å². The molecule has 1 aliphatic heterocycles. The average molecular weight is 430 g/mol. The van der Waals surface area contributed by atoms with E-state index in [1.54, 1.807) is 16.7 Å². The highest BCUT2D eigenvalue weighted by atomic mass is 19.4. The molecule has 4 rings (SSSR count). The predicted molar refractivity (Wildman–Crippen MR) is 110 cm³/mol. The van der Waals surface area contributed by atoms with Gasteiger partial charge in [-0.15, -0.1) is 0 Å². The average Bonchev–Trinajstić information content (AvgIpc) is 2.93. The Hall–Kier alpha value is -3.20. The van der Waals surface area contributed by atoms with E-state index in [0.29, 0.717) is 40.8 Å². The largest absolute Gasteiger partial charge is 0.416 e. The number of carbonyl (C=O) groups is 1. The molecule has 0 saturated carbocycles. The third kappa shape index (κ3) is 4.46. The van der Waals surface area contributed by atoms with Crippen LogP contribution in [-0.4, -0.2) is 40.5 Å². The zero-order chi connectivity index (χ0) is 22.2. The smallest absolute Gasteiger partial charge is 0.348 e. The summed E-state index contributed by atoms with van der Waals surface area (Å²) >= 11 is 0. The van der Waals surface area contributed by atoms with Gasteiger partial charge in [0.1, 0.15) is 5.82 Å². The van der Waals surface area contributed by atoms with Crippen molar-refractivity contribution in [1.82, 2.24) is 19.8 Å². The molecule has 0 unspecified atom stereocenters. The third-order valence-corrected chi connectivity index (χ3v) is 5.43. The molecule has 0 spiro atoms. The first-order chi connectivity index (χ1) is 14.7. The van der Waals surface area contributed by atoms with Gasteiger partial charge in [-0.1, -0.05) is 12.1 Å². The standard InChI is InChI=1S/C22H21F3N4O2/c1-28-8-7-19-27-18-12-15(5-6-17(18)21(31)29(19)10-9-28)20(30)26-13-14-3-2-4-16(11-14)22(23,24)25/h2-6,11-12H,7-10,13H2,1H3,(H,26,30). The van der Waals surface area contributed by atoms with E-state index in [0.717, 1.165) is 25.2 Å². The molecule has 0 fully saturated rings. The molecule has 3 aromatic rings. The van der Waals surface area contributed by atoms with Crippen molar-refractivity contribution in [2.75, 3.05) is 20.1 Å². The van der Waals surface area contributed by atoms with E-state index in [1.807, 2.05) is 7.05 Å². The van der Waals surface area contributed by atoms with E-state index in [2.05, 4.69) is 15.2 Å². The first-order valence-corrected chi connectivity index (χ1v) is 9.89. The van der Waals surface area contributed by atoms with Crippen LogP contribution in [0.4, 0.5) is 13.2 Å². The van der Waals surface area contributed by atoms with Crippen molar-refractivity contribution in [1.29, 1.82) is 0 Å². The molecule has 1 aliphatic rings. The Labute approximate surface area is 176 Å². The quantitative estimate of drug-likeness (QED) is 0.694. The molecule has 1 aromatic heterocycles. The number of rotatable bonds is 3. The van der Waals surface area contributed by atoms with E-state index < -0.39 is 17.6 Å². The van der Waals surface area contributed by atoms with Gasteiger partial charge in [-0.3, -0.25) is 14.2 Å². The van der Waals surface area contributed by atoms with Gasteiger partial charge in [0.05, 0.1) is 16.5 Å². The molecule has 162 valence electrons. The number of nitrogens with one attached hydrogen (secondary N) is 1. The van der Waals surface area contributed by atoms with Gasteiger partial charge in [0.25, 0.3) is 11.5 Å². The molecular formula is C22H21F3N4O2. The zero-order valence-electron chi connectivity index (χ0n) is 16.9. The highest BCUT2D eigenvalue weighted by Crippen LogP contribution is 2.29. The Balaban J connectivity index is 1.56. The van der Waals surface area contributed by atoms with Crippen LogP contribution in [0.25, 0.3) is 10.9 Å². The van der Waals surface area contributed by atoms with Crippen LogP contribution >= 0.6 is 0 Å². The highest BCUT2D eigenvalue weighted by molar-refractivity contribution is 5.97. The molecule has 6 nitrogen and oxygen atoms in total. The number of alkyl halides is 3. The summed E-state index contributed by atoms with van der Waals surface area (Å²) in [6.45, 7) is 2.06. The molecule has 1 N–H and O–H groups in total. The van der Waals surface area contributed by atoms with Crippen LogP contribution in [0.5, 0.6) is 0 Å². The van der Waals surface area contributed by atoms with E-state index in [9.17, 15) is 22.8 Å². The number of halogens is 3. The second kappa shape index (κ2) is 8.14. The molecule has 2 aromatic carbocycles. The lowest BCUT2D eigenvalue weighted by atomic mass is 10.1. The topological polar surface area (TPSA) is 67.2 Å². The molecule has 9 heteroatoms. The van der Waals surface area contributed by atoms with Crippen molar-refractivity contribution in [3.63, 3.8) is 0 Å². The van der Waals surface area contributed by atoms with Crippen molar-refractivity contribution in [2.24, 2.45) is 0 Å². The van der Waals surface area contributed by atoms with Crippen LogP contribution in [0, 0.1) is 0 Å². The Bertz CT molecular complexity index is 1200. The minimum absolute atomic E-state index is 0.0482. The van der Waals surface area contributed by atoms with Gasteiger partial charge in [0.15, 0.2) is 0 Å². The Morgan fingerprint density at radius 1 is 1.13 bits per heavy atom. The van der Waals surface area contributed by atoms with Gasteiger partial charge in [0.2, 0.25) is 0 Å². The van der Waals surface area contributed by atoms with Crippen molar-refractivity contribution < 1.29 is 18.0 Å². The Morgan fingerprint density at radius 3 is 2.71 bits per heavy atom. The maximum absolute atomic E-state index is 12.9. The number of aromatic nitrogens is 2. The second-order valence-corrected chi connectivity index (χ2v) is 7.65. The van der Waals surface area contributed by atoms with Gasteiger partial charge in [-0.25, -0.2) is 4.98 Å². The summed E-state index contributed by atoms with van der Waals surface area (Å²) in [6.07, 6.45) is -3.81. The number of hydrogen-bond acceptors (Lipinski definition) is 4. The number of nitrogens with zero attached hydrogens (tertiary/aromatic N) is 3. The van der Waals surface area contributed by atoms with Crippen molar-refractivity contribution in [3.8, 4) is 0 Å². The van der Waals surface area contributed by atoms with E-state index in [1.165, 1.54) is 18.2 Å². The van der Waals surface area contributed by atoms with E-state index >= 15 is 0 Å². The maximum atomic E-state index is 12.9. The molecule has 1 amide bonds. The maximum Gasteiger partial charge on any atom is 0.416 e. The number of carbonyl (C=O) groups excluding carboxylic acids is 1. The lowest BCUT2D eigenvalue weighted by Gasteiger charge is -2.12. The van der Waals surface area contributed by atoms with Crippen LogP contribution < -0.4 is 10.9 Å². The van der Waals surface area contributed by atoms with E-state index in [4.69, 9.17) is 0 Å². The number of fused-ring (bicyclic) bond motifs is 2. The fourth-order valence-electron chi connectivity index (χ4n) is 3.65. The molecule has 0 bridgehead atoms. The summed E-state index contributed by atoms with van der Waals surface area (Å²) in [4.78, 5) is 32.1. The fraction of sp³-hybridized carbons (Fsp3) is 0.318. The SMILES string of the molecule is CN1CCc2nc3cc(C(=O)NCc4cccc(C(F)(F)F)c4)ccc3c(=O)n2CC1. The lowest BCUT2D eigenvalue weighted by Crippen LogP contribution is -2.27. The van der Waals surface area contributed by atoms with Crippen LogP contribution in [0.1, 0.15) is 27.3 Å². The summed E-state index contributed by atoms with van der Waals surface area (Å²) < 4.78 is 40.2. The van der Waals surface area contributed by atoms with Crippen molar-refractivity contribution >= 4 is 16.8 Å². The van der Waals surface area contributed by atoms with Crippen LogP contribution in [0.15, 0.2) is 47.3 Å². The monoisotopic (exact) mass is 430 g/mol. The number of amides is 1. The normalized spacial score (nSPS) is 14.8. The fourth-order valence-corrected chi connectivity index (χ4v) is 3.65. The Morgan fingerprint density at radius 2 is 1.94 bits per heavy atom. The number of likely N-dealkylation sites (N-methyl/N-ethyl adjacent to an activating group) is 1. The summed E-state index contributed by atoms with van der Waals surface area (Å²) in [5, 5.41) is 3.06. The van der Waals surface area contributed by atoms with Gasteiger partial charge < -0.3 is 10.2 Å². The second-order valence-electron chi connectivity index (χ2n) is 7.65. The molecule has 0 radical (unpaired) electrons. The molecule has 0 atom stereocenters. The molecule has 0 saturated heterocycles. The zero-order valence-corrected chi connectivity index (χ0v) is 16.9. The van der Waals surface area contributed by atoms with Crippen molar-refractivity contribution in [3.05, 3.63) is 75.3 Å². The first kappa shape index (κ1) is 21.0. The number of benzene rings is 2. The first-order valence-electron chi connectivity index (χ1n) is 9.89. The minimum Gasteiger partial charge on any atom is -0.348 e. The summed E-state index contributed by atoms with van der Waals surface area (Å²) in [7, 11) is 1.99.